The van der Waals surface area contributed by atoms with Gasteiger partial charge in [0.2, 0.25) is 0 Å². The highest BCUT2D eigenvalue weighted by Gasteiger charge is 2.15. The van der Waals surface area contributed by atoms with E-state index in [9.17, 15) is 4.79 Å². The predicted molar refractivity (Wildman–Crippen MR) is 39.2 cm³/mol. The van der Waals surface area contributed by atoms with Crippen LogP contribution in [0, 0.1) is 0 Å². The Kier molecular flexibility index (Phi) is 1.14. The number of aliphatic imine (C=N–C) groups is 1. The van der Waals surface area contributed by atoms with E-state index in [-0.39, 0.29) is 5.78 Å². The Balaban J connectivity index is 2.62. The van der Waals surface area contributed by atoms with E-state index in [0.29, 0.717) is 17.1 Å². The molecule has 2 heterocycles. The standard InChI is InChI=1S/C6H4N2OS/c9-4-1-2-7-6-5(4)10-3-8-6/h2-3H,1H2. The van der Waals surface area contributed by atoms with Gasteiger partial charge in [0.25, 0.3) is 0 Å². The van der Waals surface area contributed by atoms with Gasteiger partial charge in [-0.25, -0.2) is 9.98 Å². The monoisotopic (exact) mass is 152 g/mol. The number of thiazole rings is 1. The molecule has 0 spiro atoms. The summed E-state index contributed by atoms with van der Waals surface area (Å²) in [6, 6.07) is 0. The van der Waals surface area contributed by atoms with Gasteiger partial charge >= 0.3 is 0 Å². The fourth-order valence-electron chi connectivity index (χ4n) is 0.830. The van der Waals surface area contributed by atoms with Crippen molar-refractivity contribution in [2.24, 2.45) is 4.99 Å². The number of rotatable bonds is 0. The Labute approximate surface area is 61.4 Å². The second-order valence-corrected chi connectivity index (χ2v) is 2.80. The normalized spacial score (nSPS) is 15.4. The summed E-state index contributed by atoms with van der Waals surface area (Å²) in [4.78, 5) is 19.6. The smallest absolute Gasteiger partial charge is 0.182 e. The summed E-state index contributed by atoms with van der Waals surface area (Å²) in [7, 11) is 0. The Hall–Kier alpha value is -1.03. The lowest BCUT2D eigenvalue weighted by Gasteiger charge is -1.98. The van der Waals surface area contributed by atoms with Crippen molar-refractivity contribution >= 4 is 29.2 Å². The van der Waals surface area contributed by atoms with Crippen LogP contribution in [0.15, 0.2) is 10.5 Å². The minimum absolute atomic E-state index is 0.132. The lowest BCUT2D eigenvalue weighted by Crippen LogP contribution is -2.00. The van der Waals surface area contributed by atoms with E-state index in [1.807, 2.05) is 0 Å². The Morgan fingerprint density at radius 1 is 1.60 bits per heavy atom. The fourth-order valence-corrected chi connectivity index (χ4v) is 1.51. The summed E-state index contributed by atoms with van der Waals surface area (Å²) in [6.45, 7) is 0. The molecule has 50 valence electrons. The predicted octanol–water partition coefficient (Wildman–Crippen LogP) is 1.43. The van der Waals surface area contributed by atoms with Crippen LogP contribution < -0.4 is 0 Å². The molecule has 0 unspecified atom stereocenters. The lowest BCUT2D eigenvalue weighted by atomic mass is 10.2. The van der Waals surface area contributed by atoms with Crippen molar-refractivity contribution in [3.05, 3.63) is 10.4 Å². The van der Waals surface area contributed by atoms with Crippen molar-refractivity contribution < 1.29 is 4.79 Å². The molecule has 10 heavy (non-hydrogen) atoms. The molecule has 2 rings (SSSR count). The average Bonchev–Trinajstić information content (AvgIpc) is 2.36. The summed E-state index contributed by atoms with van der Waals surface area (Å²) in [6.07, 6.45) is 2.03. The highest BCUT2D eigenvalue weighted by atomic mass is 32.1. The third kappa shape index (κ3) is 0.690. The van der Waals surface area contributed by atoms with Crippen LogP contribution in [-0.2, 0) is 0 Å². The van der Waals surface area contributed by atoms with Gasteiger partial charge in [-0.1, -0.05) is 0 Å². The van der Waals surface area contributed by atoms with Gasteiger partial charge in [0.15, 0.2) is 11.6 Å². The second kappa shape index (κ2) is 1.98. The topological polar surface area (TPSA) is 42.3 Å². The van der Waals surface area contributed by atoms with E-state index >= 15 is 0 Å². The van der Waals surface area contributed by atoms with Crippen LogP contribution in [0.1, 0.15) is 16.1 Å². The summed E-state index contributed by atoms with van der Waals surface area (Å²) in [5.41, 5.74) is 1.64. The molecular formula is C6H4N2OS. The Morgan fingerprint density at radius 3 is 3.30 bits per heavy atom. The maximum atomic E-state index is 11.0. The Bertz CT molecular complexity index is 302. The number of ketones is 1. The zero-order chi connectivity index (χ0) is 6.97. The molecule has 3 nitrogen and oxygen atoms in total. The zero-order valence-electron chi connectivity index (χ0n) is 5.07. The lowest BCUT2D eigenvalue weighted by molar-refractivity contribution is 0.100. The third-order valence-corrected chi connectivity index (χ3v) is 2.15. The second-order valence-electron chi connectivity index (χ2n) is 1.94. The molecule has 0 fully saturated rings. The van der Waals surface area contributed by atoms with E-state index in [1.165, 1.54) is 11.3 Å². The molecule has 0 amide bonds. The van der Waals surface area contributed by atoms with Gasteiger partial charge in [-0.15, -0.1) is 11.3 Å². The van der Waals surface area contributed by atoms with E-state index in [0.717, 1.165) is 0 Å². The minimum Gasteiger partial charge on any atom is -0.293 e. The van der Waals surface area contributed by atoms with E-state index in [4.69, 9.17) is 0 Å². The molecule has 0 atom stereocenters. The van der Waals surface area contributed by atoms with Crippen LogP contribution in [0.4, 0.5) is 5.82 Å². The SMILES string of the molecule is O=C1CC=Nc2ncsc21. The molecule has 1 aliphatic rings. The highest BCUT2D eigenvalue weighted by molar-refractivity contribution is 7.12. The Morgan fingerprint density at radius 2 is 2.50 bits per heavy atom. The van der Waals surface area contributed by atoms with E-state index in [1.54, 1.807) is 11.7 Å². The van der Waals surface area contributed by atoms with Crippen LogP contribution in [0.5, 0.6) is 0 Å². The quantitative estimate of drug-likeness (QED) is 0.564. The molecule has 0 saturated heterocycles. The van der Waals surface area contributed by atoms with Gasteiger partial charge in [-0.2, -0.15) is 0 Å². The van der Waals surface area contributed by atoms with Gasteiger partial charge in [-0.3, -0.25) is 4.79 Å². The molecule has 1 aromatic rings. The van der Waals surface area contributed by atoms with Gasteiger partial charge in [0.05, 0.1) is 5.51 Å². The maximum Gasteiger partial charge on any atom is 0.182 e. The number of hydrogen-bond donors (Lipinski definition) is 0. The summed E-state index contributed by atoms with van der Waals surface area (Å²) in [5.74, 6) is 0.716. The number of hydrogen-bond acceptors (Lipinski definition) is 4. The van der Waals surface area contributed by atoms with Crippen molar-refractivity contribution in [1.82, 2.24) is 4.98 Å². The molecular weight excluding hydrogens is 148 g/mol. The molecule has 0 saturated carbocycles. The molecule has 4 heteroatoms. The number of carbonyl (C=O) groups is 1. The third-order valence-electron chi connectivity index (χ3n) is 1.29. The van der Waals surface area contributed by atoms with Crippen molar-refractivity contribution in [3.8, 4) is 0 Å². The molecule has 0 bridgehead atoms. The van der Waals surface area contributed by atoms with Crippen LogP contribution in [0.3, 0.4) is 0 Å². The van der Waals surface area contributed by atoms with E-state index in [2.05, 4.69) is 9.98 Å². The first-order valence-electron chi connectivity index (χ1n) is 2.87. The van der Waals surface area contributed by atoms with Gasteiger partial charge in [0.1, 0.15) is 4.88 Å². The number of fused-ring (bicyclic) bond motifs is 1. The van der Waals surface area contributed by atoms with Crippen LogP contribution in [0.2, 0.25) is 0 Å². The van der Waals surface area contributed by atoms with Gasteiger partial charge in [-0.05, 0) is 0 Å². The highest BCUT2D eigenvalue weighted by Crippen LogP contribution is 2.25. The summed E-state index contributed by atoms with van der Waals surface area (Å²) in [5, 5.41) is 0. The maximum absolute atomic E-state index is 11.0. The molecule has 0 aromatic carbocycles. The molecule has 0 radical (unpaired) electrons. The molecule has 1 aromatic heterocycles. The zero-order valence-corrected chi connectivity index (χ0v) is 5.89. The molecule has 0 N–H and O–H groups in total. The van der Waals surface area contributed by atoms with Crippen LogP contribution in [0.25, 0.3) is 0 Å². The summed E-state index contributed by atoms with van der Waals surface area (Å²) >= 11 is 1.36. The number of nitrogens with zero attached hydrogens (tertiary/aromatic N) is 2. The number of aromatic nitrogens is 1. The molecule has 0 aliphatic carbocycles. The first-order chi connectivity index (χ1) is 4.88. The van der Waals surface area contributed by atoms with Crippen molar-refractivity contribution in [3.63, 3.8) is 0 Å². The van der Waals surface area contributed by atoms with Crippen LogP contribution >= 0.6 is 11.3 Å². The van der Waals surface area contributed by atoms with Gasteiger partial charge < -0.3 is 0 Å². The van der Waals surface area contributed by atoms with E-state index < -0.39 is 0 Å². The van der Waals surface area contributed by atoms with Crippen LogP contribution in [-0.4, -0.2) is 17.0 Å². The first-order valence-corrected chi connectivity index (χ1v) is 3.75. The van der Waals surface area contributed by atoms with Crippen molar-refractivity contribution in [2.45, 2.75) is 6.42 Å². The largest absolute Gasteiger partial charge is 0.293 e. The molecule has 1 aliphatic heterocycles. The number of Topliss-reactive ketones (excluding diaryl/α,β-unsaturated/α-hetero) is 1. The number of carbonyl (C=O) groups excluding carboxylic acids is 1. The summed E-state index contributed by atoms with van der Waals surface area (Å²) < 4.78 is 0. The van der Waals surface area contributed by atoms with Crippen molar-refractivity contribution in [2.75, 3.05) is 0 Å². The first kappa shape index (κ1) is 5.73. The fraction of sp³-hybridized carbons (Fsp3) is 0.167. The van der Waals surface area contributed by atoms with Gasteiger partial charge in [0, 0.05) is 12.6 Å². The average molecular weight is 152 g/mol. The van der Waals surface area contributed by atoms with Crippen molar-refractivity contribution in [1.29, 1.82) is 0 Å². The minimum atomic E-state index is 0.132.